The van der Waals surface area contributed by atoms with E-state index in [1.165, 1.54) is 5.69 Å². The number of fused-ring (bicyclic) bond motifs is 1. The predicted octanol–water partition coefficient (Wildman–Crippen LogP) is 5.59. The van der Waals surface area contributed by atoms with Gasteiger partial charge in [-0.05, 0) is 69.1 Å². The van der Waals surface area contributed by atoms with Crippen molar-refractivity contribution in [2.24, 2.45) is 0 Å². The van der Waals surface area contributed by atoms with Crippen LogP contribution in [0, 0.1) is 0 Å². The number of likely N-dealkylation sites (tertiary alicyclic amines) is 2. The Labute approximate surface area is 225 Å². The van der Waals surface area contributed by atoms with Crippen LogP contribution in [0.3, 0.4) is 0 Å². The van der Waals surface area contributed by atoms with Crippen LogP contribution >= 0.6 is 23.2 Å². The summed E-state index contributed by atoms with van der Waals surface area (Å²) >= 11 is 12.3. The second-order valence-electron chi connectivity index (χ2n) is 9.96. The SMILES string of the molecule is O=C(CCN1CCC(c2cc(-c3ccncc3)n[nH]2)CC1)N1CCC[C@H]1c1nc2cc(Cl)c(Cl)cc2[nH]1. The van der Waals surface area contributed by atoms with Gasteiger partial charge in [-0.25, -0.2) is 4.98 Å². The Morgan fingerprint density at radius 1 is 1.03 bits per heavy atom. The van der Waals surface area contributed by atoms with Crippen molar-refractivity contribution in [1.29, 1.82) is 0 Å². The van der Waals surface area contributed by atoms with Gasteiger partial charge < -0.3 is 14.8 Å². The molecule has 1 amide bonds. The van der Waals surface area contributed by atoms with Crippen LogP contribution in [0.5, 0.6) is 0 Å². The molecule has 8 nitrogen and oxygen atoms in total. The minimum atomic E-state index is -0.0295. The van der Waals surface area contributed by atoms with E-state index in [9.17, 15) is 4.79 Å². The van der Waals surface area contributed by atoms with Gasteiger partial charge in [-0.3, -0.25) is 14.9 Å². The molecule has 2 N–H and O–H groups in total. The third kappa shape index (κ3) is 5.10. The number of nitrogens with zero attached hydrogens (tertiary/aromatic N) is 5. The molecule has 1 aromatic carbocycles. The van der Waals surface area contributed by atoms with Gasteiger partial charge in [0.1, 0.15) is 5.82 Å². The number of nitrogens with one attached hydrogen (secondary N) is 2. The zero-order chi connectivity index (χ0) is 25.4. The lowest BCUT2D eigenvalue weighted by molar-refractivity contribution is -0.132. The Bertz CT molecular complexity index is 1360. The fraction of sp³-hybridized carbons (Fsp3) is 0.407. The molecule has 2 aliphatic rings. The zero-order valence-corrected chi connectivity index (χ0v) is 22.0. The molecular formula is C27H29Cl2N7O. The fourth-order valence-electron chi connectivity index (χ4n) is 5.61. The first-order valence-electron chi connectivity index (χ1n) is 12.9. The van der Waals surface area contributed by atoms with Crippen LogP contribution in [0.1, 0.15) is 55.6 Å². The van der Waals surface area contributed by atoms with Crippen molar-refractivity contribution in [1.82, 2.24) is 34.9 Å². The van der Waals surface area contributed by atoms with E-state index in [1.54, 1.807) is 24.5 Å². The lowest BCUT2D eigenvalue weighted by Gasteiger charge is -2.32. The summed E-state index contributed by atoms with van der Waals surface area (Å²) in [6.07, 6.45) is 8.10. The highest BCUT2D eigenvalue weighted by molar-refractivity contribution is 6.42. The lowest BCUT2D eigenvalue weighted by atomic mass is 9.93. The maximum atomic E-state index is 13.2. The highest BCUT2D eigenvalue weighted by Gasteiger charge is 2.32. The van der Waals surface area contributed by atoms with Crippen LogP contribution in [-0.2, 0) is 4.79 Å². The van der Waals surface area contributed by atoms with Gasteiger partial charge in [-0.15, -0.1) is 0 Å². The van der Waals surface area contributed by atoms with Crippen molar-refractivity contribution in [3.63, 3.8) is 0 Å². The summed E-state index contributed by atoms with van der Waals surface area (Å²) in [5.74, 6) is 1.47. The summed E-state index contributed by atoms with van der Waals surface area (Å²) < 4.78 is 0. The van der Waals surface area contributed by atoms with Gasteiger partial charge >= 0.3 is 0 Å². The Kier molecular flexibility index (Phi) is 6.88. The van der Waals surface area contributed by atoms with E-state index in [1.807, 2.05) is 17.0 Å². The first kappa shape index (κ1) is 24.4. The Morgan fingerprint density at radius 3 is 2.62 bits per heavy atom. The molecule has 2 saturated heterocycles. The van der Waals surface area contributed by atoms with Crippen LogP contribution in [0.15, 0.2) is 42.7 Å². The maximum Gasteiger partial charge on any atom is 0.224 e. The summed E-state index contributed by atoms with van der Waals surface area (Å²) in [6, 6.07) is 9.65. The summed E-state index contributed by atoms with van der Waals surface area (Å²) in [5.41, 5.74) is 4.84. The second-order valence-corrected chi connectivity index (χ2v) is 10.8. The quantitative estimate of drug-likeness (QED) is 0.334. The normalized spacial score (nSPS) is 19.2. The molecule has 2 aliphatic heterocycles. The van der Waals surface area contributed by atoms with Crippen molar-refractivity contribution in [3.05, 3.63) is 64.3 Å². The molecule has 192 valence electrons. The van der Waals surface area contributed by atoms with E-state index < -0.39 is 0 Å². The summed E-state index contributed by atoms with van der Waals surface area (Å²) in [6.45, 7) is 3.52. The monoisotopic (exact) mass is 537 g/mol. The highest BCUT2D eigenvalue weighted by atomic mass is 35.5. The number of rotatable bonds is 6. The number of aromatic nitrogens is 5. The van der Waals surface area contributed by atoms with E-state index in [0.717, 1.165) is 80.0 Å². The van der Waals surface area contributed by atoms with Crippen molar-refractivity contribution in [3.8, 4) is 11.3 Å². The van der Waals surface area contributed by atoms with Crippen molar-refractivity contribution in [2.75, 3.05) is 26.2 Å². The molecule has 2 fully saturated rings. The molecule has 10 heteroatoms. The lowest BCUT2D eigenvalue weighted by Crippen LogP contribution is -2.37. The molecule has 37 heavy (non-hydrogen) atoms. The van der Waals surface area contributed by atoms with Gasteiger partial charge in [0.25, 0.3) is 0 Å². The van der Waals surface area contributed by atoms with E-state index in [2.05, 4.69) is 31.1 Å². The number of halogens is 2. The van der Waals surface area contributed by atoms with Gasteiger partial charge in [-0.1, -0.05) is 23.2 Å². The first-order chi connectivity index (χ1) is 18.0. The van der Waals surface area contributed by atoms with E-state index in [-0.39, 0.29) is 11.9 Å². The molecule has 0 unspecified atom stereocenters. The van der Waals surface area contributed by atoms with E-state index in [0.29, 0.717) is 22.4 Å². The Morgan fingerprint density at radius 2 is 1.81 bits per heavy atom. The highest BCUT2D eigenvalue weighted by Crippen LogP contribution is 2.34. The number of H-pyrrole nitrogens is 2. The average molecular weight is 538 g/mol. The van der Waals surface area contributed by atoms with Gasteiger partial charge in [0.2, 0.25) is 5.91 Å². The second kappa shape index (κ2) is 10.4. The average Bonchev–Trinajstić information content (AvgIpc) is 3.68. The van der Waals surface area contributed by atoms with Crippen LogP contribution in [0.2, 0.25) is 10.0 Å². The Hall–Kier alpha value is -2.94. The predicted molar refractivity (Wildman–Crippen MR) is 145 cm³/mol. The fourth-order valence-corrected chi connectivity index (χ4v) is 5.93. The number of hydrogen-bond acceptors (Lipinski definition) is 5. The molecule has 4 aromatic rings. The molecule has 0 aliphatic carbocycles. The Balaban J connectivity index is 1.03. The maximum absolute atomic E-state index is 13.2. The minimum absolute atomic E-state index is 0.0295. The van der Waals surface area contributed by atoms with Crippen molar-refractivity contribution in [2.45, 2.75) is 44.1 Å². The molecule has 1 atom stereocenters. The standard InChI is InChI=1S/C27H29Cl2N7O/c28-19-14-23-24(15-20(19)29)32-27(31-23)25-2-1-10-36(25)26(37)7-13-35-11-5-18(6-12-35)22-16-21(33-34-22)17-3-8-30-9-4-17/h3-4,8-9,14-16,18,25H,1-2,5-7,10-13H2,(H,31,32)(H,33,34)/t25-/m0/s1. The molecule has 3 aromatic heterocycles. The first-order valence-corrected chi connectivity index (χ1v) is 13.6. The summed E-state index contributed by atoms with van der Waals surface area (Å²) in [7, 11) is 0. The molecule has 6 rings (SSSR count). The van der Waals surface area contributed by atoms with Gasteiger partial charge in [-0.2, -0.15) is 5.10 Å². The summed E-state index contributed by atoms with van der Waals surface area (Å²) in [5, 5.41) is 8.72. The van der Waals surface area contributed by atoms with E-state index in [4.69, 9.17) is 28.2 Å². The largest absolute Gasteiger partial charge is 0.340 e. The van der Waals surface area contributed by atoms with Crippen molar-refractivity contribution >= 4 is 40.1 Å². The smallest absolute Gasteiger partial charge is 0.224 e. The van der Waals surface area contributed by atoms with Gasteiger partial charge in [0.15, 0.2) is 0 Å². The van der Waals surface area contributed by atoms with Gasteiger partial charge in [0, 0.05) is 49.1 Å². The molecule has 0 saturated carbocycles. The zero-order valence-electron chi connectivity index (χ0n) is 20.5. The number of pyridine rings is 1. The third-order valence-electron chi connectivity index (χ3n) is 7.67. The van der Waals surface area contributed by atoms with E-state index >= 15 is 0 Å². The van der Waals surface area contributed by atoms with Crippen LogP contribution in [0.4, 0.5) is 0 Å². The third-order valence-corrected chi connectivity index (χ3v) is 8.40. The topological polar surface area (TPSA) is 93.8 Å². The number of carbonyl (C=O) groups excluding carboxylic acids is 1. The van der Waals surface area contributed by atoms with Crippen LogP contribution in [-0.4, -0.2) is 67.0 Å². The van der Waals surface area contributed by atoms with Crippen molar-refractivity contribution < 1.29 is 4.79 Å². The molecule has 0 spiro atoms. The number of amides is 1. The number of carbonyl (C=O) groups is 1. The number of hydrogen-bond donors (Lipinski definition) is 2. The number of piperidine rings is 1. The molecular weight excluding hydrogens is 509 g/mol. The number of benzene rings is 1. The van der Waals surface area contributed by atoms with Gasteiger partial charge in [0.05, 0.1) is 32.8 Å². The molecule has 0 bridgehead atoms. The number of imidazole rings is 1. The van der Waals surface area contributed by atoms with Crippen LogP contribution < -0.4 is 0 Å². The van der Waals surface area contributed by atoms with Crippen LogP contribution in [0.25, 0.3) is 22.3 Å². The summed E-state index contributed by atoms with van der Waals surface area (Å²) in [4.78, 5) is 29.8. The molecule has 0 radical (unpaired) electrons. The minimum Gasteiger partial charge on any atom is -0.340 e. The number of aromatic amines is 2. The molecule has 5 heterocycles.